The smallest absolute Gasteiger partial charge is 0.268 e. The molecule has 0 radical (unpaired) electrons. The van der Waals surface area contributed by atoms with E-state index in [1.807, 2.05) is 18.2 Å². The van der Waals surface area contributed by atoms with Crippen molar-refractivity contribution in [2.24, 2.45) is 11.0 Å². The van der Waals surface area contributed by atoms with Gasteiger partial charge in [-0.1, -0.05) is 57.0 Å². The van der Waals surface area contributed by atoms with Gasteiger partial charge >= 0.3 is 0 Å². The monoisotopic (exact) mass is 397 g/mol. The van der Waals surface area contributed by atoms with E-state index >= 15 is 0 Å². The number of fused-ring (bicyclic) bond motifs is 3. The highest BCUT2D eigenvalue weighted by atomic mass is 16.2. The Morgan fingerprint density at radius 1 is 1.21 bits per heavy atom. The van der Waals surface area contributed by atoms with Gasteiger partial charge in [0.2, 0.25) is 5.91 Å². The minimum Gasteiger partial charge on any atom is -0.354 e. The summed E-state index contributed by atoms with van der Waals surface area (Å²) in [6.45, 7) is 4.92. The quantitative estimate of drug-likeness (QED) is 0.766. The van der Waals surface area contributed by atoms with Crippen molar-refractivity contribution in [2.45, 2.75) is 64.2 Å². The molecule has 0 aromatic heterocycles. The van der Waals surface area contributed by atoms with E-state index in [1.165, 1.54) is 5.56 Å². The highest BCUT2D eigenvalue weighted by molar-refractivity contribution is 5.96. The Balaban J connectivity index is 1.41. The molecule has 1 saturated carbocycles. The summed E-state index contributed by atoms with van der Waals surface area (Å²) in [6.07, 6.45) is 4.55. The van der Waals surface area contributed by atoms with Gasteiger partial charge in [0.15, 0.2) is 6.17 Å². The van der Waals surface area contributed by atoms with Crippen molar-refractivity contribution < 1.29 is 9.59 Å². The van der Waals surface area contributed by atoms with Gasteiger partial charge in [-0.3, -0.25) is 15.0 Å². The molecule has 1 aromatic rings. The molecule has 2 fully saturated rings. The molecule has 1 aliphatic carbocycles. The van der Waals surface area contributed by atoms with E-state index in [-0.39, 0.29) is 36.4 Å². The van der Waals surface area contributed by atoms with Crippen LogP contribution >= 0.6 is 0 Å². The van der Waals surface area contributed by atoms with E-state index in [1.54, 1.807) is 4.90 Å². The van der Waals surface area contributed by atoms with Crippen LogP contribution in [-0.2, 0) is 16.0 Å². The number of benzene rings is 1. The summed E-state index contributed by atoms with van der Waals surface area (Å²) in [6, 6.07) is 10.4. The van der Waals surface area contributed by atoms with Crippen molar-refractivity contribution in [3.63, 3.8) is 0 Å². The SMILES string of the molecule is CC(C)C1=NNC2C(=O)N(CC(=O)NCCc3ccccc3)C3CCCCC3N12. The van der Waals surface area contributed by atoms with Crippen molar-refractivity contribution in [1.29, 1.82) is 0 Å². The number of amidine groups is 1. The fourth-order valence-electron chi connectivity index (χ4n) is 4.84. The summed E-state index contributed by atoms with van der Waals surface area (Å²) in [5, 5.41) is 7.45. The molecule has 7 heteroatoms. The predicted molar refractivity (Wildman–Crippen MR) is 112 cm³/mol. The van der Waals surface area contributed by atoms with Crippen LogP contribution in [0.25, 0.3) is 0 Å². The molecule has 0 spiro atoms. The molecule has 2 amide bonds. The molecule has 1 aromatic carbocycles. The molecule has 3 atom stereocenters. The predicted octanol–water partition coefficient (Wildman–Crippen LogP) is 1.70. The normalized spacial score (nSPS) is 26.0. The van der Waals surface area contributed by atoms with Crippen LogP contribution in [-0.4, -0.2) is 58.8 Å². The van der Waals surface area contributed by atoms with E-state index in [0.29, 0.717) is 6.54 Å². The summed E-state index contributed by atoms with van der Waals surface area (Å²) in [7, 11) is 0. The molecule has 2 aliphatic heterocycles. The Kier molecular flexibility index (Phi) is 5.74. The first-order valence-electron chi connectivity index (χ1n) is 10.8. The first-order valence-corrected chi connectivity index (χ1v) is 10.8. The number of hydrogen-bond acceptors (Lipinski definition) is 5. The van der Waals surface area contributed by atoms with E-state index in [9.17, 15) is 9.59 Å². The maximum absolute atomic E-state index is 13.2. The topological polar surface area (TPSA) is 77.0 Å². The number of carbonyl (C=O) groups is 2. The van der Waals surface area contributed by atoms with Crippen LogP contribution < -0.4 is 10.7 Å². The van der Waals surface area contributed by atoms with E-state index in [4.69, 9.17) is 0 Å². The van der Waals surface area contributed by atoms with Crippen LogP contribution in [0.2, 0.25) is 0 Å². The average molecular weight is 398 g/mol. The number of nitrogens with zero attached hydrogens (tertiary/aromatic N) is 3. The number of rotatable bonds is 6. The zero-order valence-corrected chi connectivity index (χ0v) is 17.3. The van der Waals surface area contributed by atoms with Crippen molar-refractivity contribution in [2.75, 3.05) is 13.1 Å². The molecule has 2 N–H and O–H groups in total. The van der Waals surface area contributed by atoms with E-state index < -0.39 is 6.17 Å². The molecule has 29 heavy (non-hydrogen) atoms. The molecule has 3 unspecified atom stereocenters. The van der Waals surface area contributed by atoms with Gasteiger partial charge in [-0.2, -0.15) is 5.10 Å². The fourth-order valence-corrected chi connectivity index (χ4v) is 4.84. The Morgan fingerprint density at radius 2 is 1.93 bits per heavy atom. The van der Waals surface area contributed by atoms with Crippen LogP contribution in [0.4, 0.5) is 0 Å². The van der Waals surface area contributed by atoms with Crippen LogP contribution in [0.3, 0.4) is 0 Å². The van der Waals surface area contributed by atoms with Gasteiger partial charge in [-0.05, 0) is 24.8 Å². The second-order valence-corrected chi connectivity index (χ2v) is 8.53. The number of carbonyl (C=O) groups excluding carboxylic acids is 2. The molecule has 156 valence electrons. The Labute approximate surface area is 172 Å². The molecule has 7 nitrogen and oxygen atoms in total. The third-order valence-electron chi connectivity index (χ3n) is 6.22. The summed E-state index contributed by atoms with van der Waals surface area (Å²) >= 11 is 0. The minimum absolute atomic E-state index is 0.0363. The van der Waals surface area contributed by atoms with Crippen molar-refractivity contribution in [1.82, 2.24) is 20.5 Å². The fraction of sp³-hybridized carbons (Fsp3) is 0.591. The first-order chi connectivity index (χ1) is 14.1. The first kappa shape index (κ1) is 19.7. The zero-order chi connectivity index (χ0) is 20.4. The van der Waals surface area contributed by atoms with Crippen LogP contribution in [0.1, 0.15) is 45.1 Å². The standard InChI is InChI=1S/C22H31N5O2/c1-15(2)20-24-25-21-22(29)26(17-10-6-7-11-18(17)27(20)21)14-19(28)23-13-12-16-8-4-3-5-9-16/h3-5,8-9,15,17-18,21,25H,6-7,10-14H2,1-2H3,(H,23,28). The number of piperazine rings is 1. The Morgan fingerprint density at radius 3 is 2.66 bits per heavy atom. The van der Waals surface area contributed by atoms with Gasteiger partial charge < -0.3 is 15.1 Å². The Hall–Kier alpha value is -2.57. The summed E-state index contributed by atoms with van der Waals surface area (Å²) in [5.41, 5.74) is 4.22. The van der Waals surface area contributed by atoms with Crippen LogP contribution in [0.5, 0.6) is 0 Å². The number of hydrazone groups is 1. The van der Waals surface area contributed by atoms with Gasteiger partial charge in [-0.25, -0.2) is 0 Å². The van der Waals surface area contributed by atoms with Crippen molar-refractivity contribution >= 4 is 17.6 Å². The molecule has 1 saturated heterocycles. The number of amides is 2. The van der Waals surface area contributed by atoms with Gasteiger partial charge in [-0.15, -0.1) is 0 Å². The van der Waals surface area contributed by atoms with Gasteiger partial charge in [0.05, 0.1) is 12.1 Å². The lowest BCUT2D eigenvalue weighted by Crippen LogP contribution is -2.70. The molecule has 0 bridgehead atoms. The number of nitrogens with one attached hydrogen (secondary N) is 2. The second-order valence-electron chi connectivity index (χ2n) is 8.53. The minimum atomic E-state index is -0.469. The van der Waals surface area contributed by atoms with Crippen LogP contribution in [0, 0.1) is 5.92 Å². The highest BCUT2D eigenvalue weighted by Crippen LogP contribution is 2.35. The lowest BCUT2D eigenvalue weighted by Gasteiger charge is -2.51. The van der Waals surface area contributed by atoms with Crippen LogP contribution in [0.15, 0.2) is 35.4 Å². The lowest BCUT2D eigenvalue weighted by molar-refractivity contribution is -0.152. The molecule has 2 heterocycles. The lowest BCUT2D eigenvalue weighted by atomic mass is 9.85. The molecular formula is C22H31N5O2. The molecule has 3 aliphatic rings. The molecule has 4 rings (SSSR count). The zero-order valence-electron chi connectivity index (χ0n) is 17.3. The van der Waals surface area contributed by atoms with Crippen molar-refractivity contribution in [3.8, 4) is 0 Å². The van der Waals surface area contributed by atoms with Gasteiger partial charge in [0.25, 0.3) is 5.91 Å². The van der Waals surface area contributed by atoms with Crippen molar-refractivity contribution in [3.05, 3.63) is 35.9 Å². The second kappa shape index (κ2) is 8.43. The summed E-state index contributed by atoms with van der Waals surface area (Å²) in [5.74, 6) is 1.10. The third kappa shape index (κ3) is 3.95. The van der Waals surface area contributed by atoms with E-state index in [2.05, 4.69) is 46.7 Å². The largest absolute Gasteiger partial charge is 0.354 e. The van der Waals surface area contributed by atoms with Gasteiger partial charge in [0, 0.05) is 12.5 Å². The third-order valence-corrected chi connectivity index (χ3v) is 6.22. The van der Waals surface area contributed by atoms with Gasteiger partial charge in [0.1, 0.15) is 12.4 Å². The maximum Gasteiger partial charge on any atom is 0.268 e. The summed E-state index contributed by atoms with van der Waals surface area (Å²) in [4.78, 5) is 29.8. The average Bonchev–Trinajstić information content (AvgIpc) is 3.18. The van der Waals surface area contributed by atoms with E-state index in [0.717, 1.165) is 37.9 Å². The number of hydrogen-bond donors (Lipinski definition) is 2. The highest BCUT2D eigenvalue weighted by Gasteiger charge is 2.51. The maximum atomic E-state index is 13.2. The summed E-state index contributed by atoms with van der Waals surface area (Å²) < 4.78 is 0. The Bertz CT molecular complexity index is 779. The molecular weight excluding hydrogens is 366 g/mol.